The summed E-state index contributed by atoms with van der Waals surface area (Å²) in [5, 5.41) is 2.93. The summed E-state index contributed by atoms with van der Waals surface area (Å²) in [7, 11) is 0. The van der Waals surface area contributed by atoms with Crippen LogP contribution >= 0.6 is 0 Å². The van der Waals surface area contributed by atoms with Crippen LogP contribution in [0.25, 0.3) is 11.1 Å². The number of rotatable bonds is 5. The third-order valence-electron chi connectivity index (χ3n) is 4.66. The fourth-order valence-corrected chi connectivity index (χ4v) is 3.28. The van der Waals surface area contributed by atoms with Crippen molar-refractivity contribution in [3.63, 3.8) is 0 Å². The van der Waals surface area contributed by atoms with Crippen molar-refractivity contribution in [3.05, 3.63) is 59.7 Å². The second-order valence-electron chi connectivity index (χ2n) is 6.59. The molecule has 1 aliphatic rings. The lowest BCUT2D eigenvalue weighted by atomic mass is 9.97. The Labute approximate surface area is 149 Å². The third-order valence-corrected chi connectivity index (χ3v) is 4.66. The molecule has 1 unspecified atom stereocenters. The van der Waals surface area contributed by atoms with Crippen LogP contribution in [0.15, 0.2) is 48.5 Å². The van der Waals surface area contributed by atoms with Gasteiger partial charge < -0.3 is 10.1 Å². The van der Waals surface area contributed by atoms with Crippen molar-refractivity contribution >= 4 is 5.91 Å². The molecule has 0 radical (unpaired) electrons. The lowest BCUT2D eigenvalue weighted by molar-refractivity contribution is -0.119. The van der Waals surface area contributed by atoms with E-state index in [-0.39, 0.29) is 11.9 Å². The minimum Gasteiger partial charge on any atom is -0.379 e. The highest BCUT2D eigenvalue weighted by atomic mass is 16.5. The highest BCUT2D eigenvalue weighted by Gasteiger charge is 2.14. The van der Waals surface area contributed by atoms with Crippen LogP contribution in [-0.4, -0.2) is 37.1 Å². The molecule has 1 N–H and O–H groups in total. The summed E-state index contributed by atoms with van der Waals surface area (Å²) in [6.45, 7) is 8.11. The molecular weight excluding hydrogens is 312 g/mol. The van der Waals surface area contributed by atoms with Crippen molar-refractivity contribution in [1.29, 1.82) is 0 Å². The zero-order chi connectivity index (χ0) is 17.6. The third kappa shape index (κ3) is 4.68. The average molecular weight is 338 g/mol. The van der Waals surface area contributed by atoms with Crippen LogP contribution in [0.2, 0.25) is 0 Å². The zero-order valence-electron chi connectivity index (χ0n) is 15.0. The Hall–Kier alpha value is -2.17. The minimum atomic E-state index is -0.00701. The van der Waals surface area contributed by atoms with Gasteiger partial charge in [-0.1, -0.05) is 48.5 Å². The van der Waals surface area contributed by atoms with Crippen molar-refractivity contribution in [3.8, 4) is 11.1 Å². The van der Waals surface area contributed by atoms with Crippen molar-refractivity contribution in [2.24, 2.45) is 0 Å². The number of carbonyl (C=O) groups is 1. The normalized spacial score (nSPS) is 16.4. The molecule has 4 heteroatoms. The predicted molar refractivity (Wildman–Crippen MR) is 100 cm³/mol. The maximum Gasteiger partial charge on any atom is 0.217 e. The van der Waals surface area contributed by atoms with Crippen molar-refractivity contribution < 1.29 is 9.53 Å². The van der Waals surface area contributed by atoms with E-state index in [9.17, 15) is 4.79 Å². The molecule has 2 aromatic carbocycles. The molecule has 132 valence electrons. The number of ether oxygens (including phenoxy) is 1. The molecule has 1 aliphatic heterocycles. The first-order chi connectivity index (χ1) is 12.1. The van der Waals surface area contributed by atoms with E-state index in [1.54, 1.807) is 6.92 Å². The predicted octanol–water partition coefficient (Wildman–Crippen LogP) is 3.38. The second-order valence-corrected chi connectivity index (χ2v) is 6.59. The maximum absolute atomic E-state index is 11.2. The van der Waals surface area contributed by atoms with Crippen LogP contribution in [0, 0.1) is 0 Å². The van der Waals surface area contributed by atoms with Gasteiger partial charge in [-0.2, -0.15) is 0 Å². The molecule has 1 atom stereocenters. The summed E-state index contributed by atoms with van der Waals surface area (Å²) in [6.07, 6.45) is 0. The van der Waals surface area contributed by atoms with Gasteiger partial charge in [0.15, 0.2) is 0 Å². The standard InChI is InChI=1S/C21H26N2O2/c1-16(22-17(2)24)18-7-9-19(10-8-18)21-6-4-3-5-20(21)15-23-11-13-25-14-12-23/h3-10,16H,11-15H2,1-2H3,(H,22,24). The molecule has 0 aliphatic carbocycles. The van der Waals surface area contributed by atoms with Gasteiger partial charge in [0, 0.05) is 26.6 Å². The lowest BCUT2D eigenvalue weighted by Crippen LogP contribution is -2.35. The fourth-order valence-electron chi connectivity index (χ4n) is 3.28. The van der Waals surface area contributed by atoms with Crippen LogP contribution in [0.1, 0.15) is 31.0 Å². The largest absolute Gasteiger partial charge is 0.379 e. The zero-order valence-corrected chi connectivity index (χ0v) is 15.0. The molecule has 1 amide bonds. The number of benzene rings is 2. The molecule has 2 aromatic rings. The van der Waals surface area contributed by atoms with E-state index in [0.717, 1.165) is 38.4 Å². The van der Waals surface area contributed by atoms with E-state index < -0.39 is 0 Å². The van der Waals surface area contributed by atoms with Crippen LogP contribution in [0.3, 0.4) is 0 Å². The maximum atomic E-state index is 11.2. The van der Waals surface area contributed by atoms with Crippen molar-refractivity contribution in [1.82, 2.24) is 10.2 Å². The van der Waals surface area contributed by atoms with Crippen molar-refractivity contribution in [2.45, 2.75) is 26.4 Å². The van der Waals surface area contributed by atoms with Crippen LogP contribution < -0.4 is 5.32 Å². The Kier molecular flexibility index (Phi) is 5.84. The molecule has 1 heterocycles. The van der Waals surface area contributed by atoms with E-state index in [4.69, 9.17) is 4.74 Å². The average Bonchev–Trinajstić information content (AvgIpc) is 2.63. The molecular formula is C21H26N2O2. The van der Waals surface area contributed by atoms with Gasteiger partial charge in [0.05, 0.1) is 19.3 Å². The Morgan fingerprint density at radius 1 is 1.12 bits per heavy atom. The molecule has 25 heavy (non-hydrogen) atoms. The molecule has 1 fully saturated rings. The van der Waals surface area contributed by atoms with E-state index in [0.29, 0.717) is 0 Å². The van der Waals surface area contributed by atoms with Crippen LogP contribution in [-0.2, 0) is 16.1 Å². The van der Waals surface area contributed by atoms with Crippen LogP contribution in [0.5, 0.6) is 0 Å². The molecule has 0 aromatic heterocycles. The Balaban J connectivity index is 1.78. The van der Waals surface area contributed by atoms with Gasteiger partial charge in [0.1, 0.15) is 0 Å². The van der Waals surface area contributed by atoms with Crippen molar-refractivity contribution in [2.75, 3.05) is 26.3 Å². The first-order valence-corrected chi connectivity index (χ1v) is 8.89. The smallest absolute Gasteiger partial charge is 0.217 e. The Morgan fingerprint density at radius 2 is 1.80 bits per heavy atom. The van der Waals surface area contributed by atoms with Gasteiger partial charge in [-0.25, -0.2) is 0 Å². The lowest BCUT2D eigenvalue weighted by Gasteiger charge is -2.27. The van der Waals surface area contributed by atoms with Crippen LogP contribution in [0.4, 0.5) is 0 Å². The SMILES string of the molecule is CC(=O)NC(C)c1ccc(-c2ccccc2CN2CCOCC2)cc1. The van der Waals surface area contributed by atoms with E-state index in [1.165, 1.54) is 16.7 Å². The van der Waals surface area contributed by atoms with E-state index in [2.05, 4.69) is 58.7 Å². The number of hydrogen-bond acceptors (Lipinski definition) is 3. The topological polar surface area (TPSA) is 41.6 Å². The molecule has 0 spiro atoms. The van der Waals surface area contributed by atoms with Gasteiger partial charge in [-0.3, -0.25) is 9.69 Å². The molecule has 3 rings (SSSR count). The van der Waals surface area contributed by atoms with E-state index >= 15 is 0 Å². The number of nitrogens with zero attached hydrogens (tertiary/aromatic N) is 1. The Morgan fingerprint density at radius 3 is 2.48 bits per heavy atom. The highest BCUT2D eigenvalue weighted by Crippen LogP contribution is 2.26. The van der Waals surface area contributed by atoms with Gasteiger partial charge in [-0.05, 0) is 29.2 Å². The quantitative estimate of drug-likeness (QED) is 0.909. The second kappa shape index (κ2) is 8.28. The van der Waals surface area contributed by atoms with Gasteiger partial charge >= 0.3 is 0 Å². The highest BCUT2D eigenvalue weighted by molar-refractivity contribution is 5.73. The molecule has 0 saturated carbocycles. The summed E-state index contributed by atoms with van der Waals surface area (Å²) < 4.78 is 5.44. The first kappa shape index (κ1) is 17.6. The first-order valence-electron chi connectivity index (χ1n) is 8.89. The summed E-state index contributed by atoms with van der Waals surface area (Å²) in [6, 6.07) is 17.1. The number of amides is 1. The summed E-state index contributed by atoms with van der Waals surface area (Å²) >= 11 is 0. The Bertz CT molecular complexity index is 706. The van der Waals surface area contributed by atoms with E-state index in [1.807, 2.05) is 6.92 Å². The number of nitrogens with one attached hydrogen (secondary N) is 1. The fraction of sp³-hybridized carbons (Fsp3) is 0.381. The number of morpholine rings is 1. The summed E-state index contributed by atoms with van der Waals surface area (Å²) in [5.74, 6) is -0.00701. The minimum absolute atomic E-state index is 0.00701. The molecule has 4 nitrogen and oxygen atoms in total. The molecule has 1 saturated heterocycles. The summed E-state index contributed by atoms with van der Waals surface area (Å²) in [4.78, 5) is 13.7. The van der Waals surface area contributed by atoms with Gasteiger partial charge in [0.25, 0.3) is 0 Å². The molecule has 0 bridgehead atoms. The monoisotopic (exact) mass is 338 g/mol. The number of carbonyl (C=O) groups excluding carboxylic acids is 1. The van der Waals surface area contributed by atoms with Gasteiger partial charge in [-0.15, -0.1) is 0 Å². The van der Waals surface area contributed by atoms with Gasteiger partial charge in [0.2, 0.25) is 5.91 Å². The summed E-state index contributed by atoms with van der Waals surface area (Å²) in [5.41, 5.74) is 4.94. The number of hydrogen-bond donors (Lipinski definition) is 1.